The molecule has 0 aliphatic carbocycles. The highest BCUT2D eigenvalue weighted by atomic mass is 35.5. The van der Waals surface area contributed by atoms with E-state index in [1.165, 1.54) is 18.2 Å². The Kier molecular flexibility index (Phi) is 9.10. The number of carboxylic acid groups (broad SMARTS) is 1. The number of benzene rings is 1. The van der Waals surface area contributed by atoms with Crippen LogP contribution < -0.4 is 9.47 Å². The predicted molar refractivity (Wildman–Crippen MR) is 106 cm³/mol. The zero-order valence-corrected chi connectivity index (χ0v) is 17.1. The number of aromatic nitrogens is 1. The van der Waals surface area contributed by atoms with Crippen LogP contribution in [-0.2, 0) is 20.4 Å². The zero-order valence-electron chi connectivity index (χ0n) is 16.3. The number of halogens is 4. The van der Waals surface area contributed by atoms with Crippen LogP contribution in [0.5, 0.6) is 17.4 Å². The fraction of sp³-hybridized carbons (Fsp3) is 0.300. The molecule has 0 unspecified atom stereocenters. The van der Waals surface area contributed by atoms with Crippen LogP contribution in [0.4, 0.5) is 13.2 Å². The lowest BCUT2D eigenvalue weighted by Gasteiger charge is -2.13. The Morgan fingerprint density at radius 1 is 1.19 bits per heavy atom. The van der Waals surface area contributed by atoms with Gasteiger partial charge in [0, 0.05) is 31.0 Å². The van der Waals surface area contributed by atoms with Crippen molar-refractivity contribution in [2.24, 2.45) is 0 Å². The second-order valence-electron chi connectivity index (χ2n) is 5.94. The van der Waals surface area contributed by atoms with Crippen LogP contribution in [0.1, 0.15) is 11.1 Å². The summed E-state index contributed by atoms with van der Waals surface area (Å²) in [6.45, 7) is 1.37. The molecular formula is C20H19ClF3NO6. The van der Waals surface area contributed by atoms with E-state index in [-0.39, 0.29) is 23.3 Å². The van der Waals surface area contributed by atoms with Crippen LogP contribution in [0.15, 0.2) is 36.5 Å². The van der Waals surface area contributed by atoms with Gasteiger partial charge >= 0.3 is 12.1 Å². The number of hydrogen-bond acceptors (Lipinski definition) is 6. The molecule has 0 saturated carbocycles. The molecule has 0 fully saturated rings. The summed E-state index contributed by atoms with van der Waals surface area (Å²) in [5.41, 5.74) is -0.703. The molecule has 0 spiro atoms. The minimum absolute atomic E-state index is 0.0875. The van der Waals surface area contributed by atoms with Gasteiger partial charge in [-0.25, -0.2) is 9.78 Å². The van der Waals surface area contributed by atoms with E-state index < -0.39 is 17.7 Å². The monoisotopic (exact) mass is 461 g/mol. The Morgan fingerprint density at radius 2 is 1.94 bits per heavy atom. The average Bonchev–Trinajstić information content (AvgIpc) is 2.70. The molecule has 0 atom stereocenters. The van der Waals surface area contributed by atoms with E-state index in [4.69, 9.17) is 35.7 Å². The smallest absolute Gasteiger partial charge is 0.417 e. The molecule has 11 heteroatoms. The van der Waals surface area contributed by atoms with Gasteiger partial charge in [-0.3, -0.25) is 0 Å². The van der Waals surface area contributed by atoms with E-state index in [0.717, 1.165) is 6.08 Å². The third-order valence-electron chi connectivity index (χ3n) is 3.66. The van der Waals surface area contributed by atoms with Gasteiger partial charge in [0.05, 0.1) is 25.4 Å². The topological polar surface area (TPSA) is 87.1 Å². The summed E-state index contributed by atoms with van der Waals surface area (Å²) in [5.74, 6) is -1.02. The van der Waals surface area contributed by atoms with Gasteiger partial charge in [0.15, 0.2) is 0 Å². The van der Waals surface area contributed by atoms with Gasteiger partial charge in [-0.1, -0.05) is 11.6 Å². The molecule has 1 N–H and O–H groups in total. The van der Waals surface area contributed by atoms with Gasteiger partial charge in [-0.05, 0) is 24.3 Å². The van der Waals surface area contributed by atoms with Crippen LogP contribution in [0.2, 0.25) is 5.02 Å². The van der Waals surface area contributed by atoms with Crippen molar-refractivity contribution in [1.29, 1.82) is 0 Å². The number of pyridine rings is 1. The first-order valence-electron chi connectivity index (χ1n) is 8.86. The summed E-state index contributed by atoms with van der Waals surface area (Å²) >= 11 is 5.89. The maximum Gasteiger partial charge on any atom is 0.417 e. The summed E-state index contributed by atoms with van der Waals surface area (Å²) in [6.07, 6.45) is -1.88. The SMILES string of the molecule is COCCOCCOc1ccc(C=CC(=O)O)c(Oc2ncc(C(F)(F)F)cc2Cl)c1. The minimum atomic E-state index is -4.61. The Balaban J connectivity index is 2.20. The summed E-state index contributed by atoms with van der Waals surface area (Å²) in [6, 6.07) is 5.22. The van der Waals surface area contributed by atoms with E-state index in [1.807, 2.05) is 0 Å². The fourth-order valence-corrected chi connectivity index (χ4v) is 2.42. The lowest BCUT2D eigenvalue weighted by Crippen LogP contribution is -2.10. The number of alkyl halides is 3. The molecule has 0 radical (unpaired) electrons. The highest BCUT2D eigenvalue weighted by molar-refractivity contribution is 6.31. The molecule has 2 aromatic rings. The number of methoxy groups -OCH3 is 1. The molecule has 0 saturated heterocycles. The van der Waals surface area contributed by atoms with Gasteiger partial charge in [-0.2, -0.15) is 13.2 Å². The summed E-state index contributed by atoms with van der Waals surface area (Å²) in [7, 11) is 1.56. The second kappa shape index (κ2) is 11.5. The highest BCUT2D eigenvalue weighted by Crippen LogP contribution is 2.36. The average molecular weight is 462 g/mol. The second-order valence-corrected chi connectivity index (χ2v) is 6.34. The molecule has 1 aromatic carbocycles. The molecular weight excluding hydrogens is 443 g/mol. The molecule has 168 valence electrons. The van der Waals surface area contributed by atoms with Crippen molar-refractivity contribution in [1.82, 2.24) is 4.98 Å². The third-order valence-corrected chi connectivity index (χ3v) is 3.93. The van der Waals surface area contributed by atoms with Gasteiger partial charge in [-0.15, -0.1) is 0 Å². The van der Waals surface area contributed by atoms with Crippen LogP contribution in [0, 0.1) is 0 Å². The normalized spacial score (nSPS) is 11.6. The van der Waals surface area contributed by atoms with Crippen molar-refractivity contribution < 1.29 is 42.0 Å². The Hall–Kier alpha value is -2.82. The first-order valence-corrected chi connectivity index (χ1v) is 9.23. The van der Waals surface area contributed by atoms with E-state index in [9.17, 15) is 18.0 Å². The van der Waals surface area contributed by atoms with Crippen molar-refractivity contribution in [2.75, 3.05) is 33.5 Å². The molecule has 0 bridgehead atoms. The molecule has 0 amide bonds. The molecule has 0 aliphatic rings. The number of hydrogen-bond donors (Lipinski definition) is 1. The van der Waals surface area contributed by atoms with Gasteiger partial charge in [0.25, 0.3) is 0 Å². The molecule has 1 aromatic heterocycles. The van der Waals surface area contributed by atoms with E-state index >= 15 is 0 Å². The number of carbonyl (C=O) groups is 1. The Morgan fingerprint density at radius 3 is 2.58 bits per heavy atom. The number of rotatable bonds is 11. The fourth-order valence-electron chi connectivity index (χ4n) is 2.21. The van der Waals surface area contributed by atoms with Crippen LogP contribution in [0.25, 0.3) is 6.08 Å². The molecule has 7 nitrogen and oxygen atoms in total. The van der Waals surface area contributed by atoms with Crippen molar-refractivity contribution in [3.63, 3.8) is 0 Å². The number of nitrogens with zero attached hydrogens (tertiary/aromatic N) is 1. The van der Waals surface area contributed by atoms with Crippen molar-refractivity contribution in [3.05, 3.63) is 52.7 Å². The molecule has 0 aliphatic heterocycles. The van der Waals surface area contributed by atoms with Crippen LogP contribution in [-0.4, -0.2) is 49.6 Å². The van der Waals surface area contributed by atoms with E-state index in [1.54, 1.807) is 13.2 Å². The third kappa shape index (κ3) is 8.08. The lowest BCUT2D eigenvalue weighted by molar-refractivity contribution is -0.138. The van der Waals surface area contributed by atoms with Crippen molar-refractivity contribution in [3.8, 4) is 17.4 Å². The summed E-state index contributed by atoms with van der Waals surface area (Å²) < 4.78 is 59.6. The van der Waals surface area contributed by atoms with E-state index in [0.29, 0.717) is 43.4 Å². The van der Waals surface area contributed by atoms with Crippen LogP contribution >= 0.6 is 11.6 Å². The molecule has 31 heavy (non-hydrogen) atoms. The van der Waals surface area contributed by atoms with Gasteiger partial charge < -0.3 is 24.1 Å². The van der Waals surface area contributed by atoms with Crippen LogP contribution in [0.3, 0.4) is 0 Å². The Labute approximate surface area is 181 Å². The maximum atomic E-state index is 12.8. The lowest BCUT2D eigenvalue weighted by atomic mass is 10.1. The standard InChI is InChI=1S/C20H19ClF3NO6/c1-28-6-7-29-8-9-30-15-4-2-13(3-5-18(26)27)17(11-15)31-19-16(21)10-14(12-25-19)20(22,23)24/h2-5,10-12H,6-9H2,1H3,(H,26,27). The van der Waals surface area contributed by atoms with Crippen molar-refractivity contribution in [2.45, 2.75) is 6.18 Å². The summed E-state index contributed by atoms with van der Waals surface area (Å²) in [5, 5.41) is 8.49. The quantitative estimate of drug-likeness (QED) is 0.384. The predicted octanol–water partition coefficient (Wildman–Crippen LogP) is 4.69. The molecule has 1 heterocycles. The largest absolute Gasteiger partial charge is 0.491 e. The molecule has 2 rings (SSSR count). The highest BCUT2D eigenvalue weighted by Gasteiger charge is 2.31. The first-order chi connectivity index (χ1) is 14.7. The Bertz CT molecular complexity index is 920. The first kappa shape index (κ1) is 24.4. The van der Waals surface area contributed by atoms with Gasteiger partial charge in [0.2, 0.25) is 5.88 Å². The number of aliphatic carboxylic acids is 1. The maximum absolute atomic E-state index is 12.8. The minimum Gasteiger partial charge on any atom is -0.491 e. The number of carboxylic acids is 1. The number of ether oxygens (including phenoxy) is 4. The van der Waals surface area contributed by atoms with Crippen molar-refractivity contribution >= 4 is 23.6 Å². The van der Waals surface area contributed by atoms with E-state index in [2.05, 4.69) is 4.98 Å². The zero-order chi connectivity index (χ0) is 22.9. The van der Waals surface area contributed by atoms with Gasteiger partial charge in [0.1, 0.15) is 23.1 Å². The summed E-state index contributed by atoms with van der Waals surface area (Å²) in [4.78, 5) is 14.5.